The zero-order valence-electron chi connectivity index (χ0n) is 10.1. The molecule has 4 nitrogen and oxygen atoms in total. The minimum atomic E-state index is -0.152. The van der Waals surface area contributed by atoms with Gasteiger partial charge in [-0.2, -0.15) is 4.37 Å². The van der Waals surface area contributed by atoms with Gasteiger partial charge in [-0.15, -0.1) is 0 Å². The number of hydrogen-bond acceptors (Lipinski definition) is 5. The van der Waals surface area contributed by atoms with Crippen molar-refractivity contribution in [3.63, 3.8) is 0 Å². The maximum absolute atomic E-state index is 9.77. The lowest BCUT2D eigenvalue weighted by molar-refractivity contribution is 0.0972. The van der Waals surface area contributed by atoms with Crippen LogP contribution in [-0.4, -0.2) is 28.7 Å². The van der Waals surface area contributed by atoms with Crippen LogP contribution in [0.4, 0.5) is 10.8 Å². The third-order valence-electron chi connectivity index (χ3n) is 3.87. The summed E-state index contributed by atoms with van der Waals surface area (Å²) in [4.78, 5) is 2.36. The van der Waals surface area contributed by atoms with Gasteiger partial charge in [0.2, 0.25) is 0 Å². The first-order valence-corrected chi connectivity index (χ1v) is 7.12. The first-order valence-electron chi connectivity index (χ1n) is 6.35. The Balaban J connectivity index is 1.84. The number of aliphatic hydroxyl groups is 1. The van der Waals surface area contributed by atoms with Gasteiger partial charge in [0, 0.05) is 18.7 Å². The molecule has 1 saturated heterocycles. The van der Waals surface area contributed by atoms with Gasteiger partial charge in [-0.1, -0.05) is 6.92 Å². The molecule has 2 atom stereocenters. The van der Waals surface area contributed by atoms with E-state index in [4.69, 9.17) is 5.73 Å². The molecule has 1 aromatic rings. The van der Waals surface area contributed by atoms with Gasteiger partial charge in [0.05, 0.1) is 6.10 Å². The molecule has 2 fully saturated rings. The number of anilines is 2. The molecule has 1 aliphatic heterocycles. The molecule has 1 aromatic heterocycles. The highest BCUT2D eigenvalue weighted by molar-refractivity contribution is 7.10. The average molecular weight is 253 g/mol. The summed E-state index contributed by atoms with van der Waals surface area (Å²) in [5.74, 6) is 1.70. The summed E-state index contributed by atoms with van der Waals surface area (Å²) in [6.45, 7) is 3.95. The number of aromatic nitrogens is 1. The van der Waals surface area contributed by atoms with Crippen molar-refractivity contribution in [1.82, 2.24) is 4.37 Å². The normalized spacial score (nSPS) is 29.6. The third kappa shape index (κ3) is 2.02. The largest absolute Gasteiger partial charge is 0.393 e. The molecule has 1 saturated carbocycles. The van der Waals surface area contributed by atoms with E-state index in [9.17, 15) is 5.11 Å². The number of piperidine rings is 1. The summed E-state index contributed by atoms with van der Waals surface area (Å²) in [6, 6.07) is 0. The molecule has 3 rings (SSSR count). The van der Waals surface area contributed by atoms with Gasteiger partial charge >= 0.3 is 0 Å². The predicted octanol–water partition coefficient (Wildman–Crippen LogP) is 1.81. The van der Waals surface area contributed by atoms with Crippen LogP contribution in [0.25, 0.3) is 0 Å². The quantitative estimate of drug-likeness (QED) is 0.844. The standard InChI is InChI=1S/C12H19N3OS/c1-7-6-15(5-4-9(7)16)12-10(8-2-3-8)11(13)14-17-12/h7-9,16H,2-6H2,1H3,(H2,13,14). The minimum Gasteiger partial charge on any atom is -0.393 e. The summed E-state index contributed by atoms with van der Waals surface area (Å²) in [7, 11) is 0. The second kappa shape index (κ2) is 4.14. The van der Waals surface area contributed by atoms with Crippen LogP contribution in [0.1, 0.15) is 37.7 Å². The van der Waals surface area contributed by atoms with E-state index in [2.05, 4.69) is 16.2 Å². The molecule has 2 aliphatic rings. The minimum absolute atomic E-state index is 0.152. The number of nitrogen functional groups attached to an aromatic ring is 1. The molecule has 0 spiro atoms. The van der Waals surface area contributed by atoms with Crippen molar-refractivity contribution < 1.29 is 5.11 Å². The van der Waals surface area contributed by atoms with Gasteiger partial charge in [-0.3, -0.25) is 0 Å². The van der Waals surface area contributed by atoms with Crippen LogP contribution >= 0.6 is 11.5 Å². The molecule has 17 heavy (non-hydrogen) atoms. The van der Waals surface area contributed by atoms with Crippen LogP contribution in [0.5, 0.6) is 0 Å². The molecule has 0 aromatic carbocycles. The van der Waals surface area contributed by atoms with Crippen molar-refractivity contribution in [2.24, 2.45) is 5.92 Å². The summed E-state index contributed by atoms with van der Waals surface area (Å²) < 4.78 is 4.31. The Morgan fingerprint density at radius 1 is 1.41 bits per heavy atom. The monoisotopic (exact) mass is 253 g/mol. The van der Waals surface area contributed by atoms with Crippen LogP contribution < -0.4 is 10.6 Å². The first-order chi connectivity index (χ1) is 8.16. The van der Waals surface area contributed by atoms with Crippen LogP contribution in [0, 0.1) is 5.92 Å². The van der Waals surface area contributed by atoms with E-state index in [1.54, 1.807) is 0 Å². The molecule has 0 radical (unpaired) electrons. The SMILES string of the molecule is CC1CN(c2snc(N)c2C2CC2)CCC1O. The van der Waals surface area contributed by atoms with Crippen LogP contribution in [-0.2, 0) is 0 Å². The molecule has 5 heteroatoms. The average Bonchev–Trinajstić information content (AvgIpc) is 3.06. The molecule has 2 heterocycles. The summed E-state index contributed by atoms with van der Waals surface area (Å²) >= 11 is 1.52. The van der Waals surface area contributed by atoms with Crippen LogP contribution in [0.2, 0.25) is 0 Å². The van der Waals surface area contributed by atoms with E-state index in [-0.39, 0.29) is 6.10 Å². The summed E-state index contributed by atoms with van der Waals surface area (Å²) in [5, 5.41) is 11.0. The fraction of sp³-hybridized carbons (Fsp3) is 0.750. The Labute approximate surface area is 106 Å². The molecule has 1 aliphatic carbocycles. The Bertz CT molecular complexity index is 416. The van der Waals surface area contributed by atoms with Crippen LogP contribution in [0.15, 0.2) is 0 Å². The van der Waals surface area contributed by atoms with Crippen molar-refractivity contribution in [2.45, 2.75) is 38.2 Å². The number of nitrogens with two attached hydrogens (primary N) is 1. The number of nitrogens with zero attached hydrogens (tertiary/aromatic N) is 2. The molecule has 0 bridgehead atoms. The van der Waals surface area contributed by atoms with Gasteiger partial charge in [-0.25, -0.2) is 0 Å². The topological polar surface area (TPSA) is 62.4 Å². The van der Waals surface area contributed by atoms with Crippen molar-refractivity contribution in [3.8, 4) is 0 Å². The van der Waals surface area contributed by atoms with E-state index >= 15 is 0 Å². The maximum Gasteiger partial charge on any atom is 0.142 e. The van der Waals surface area contributed by atoms with E-state index in [1.165, 1.54) is 34.9 Å². The first kappa shape index (κ1) is 11.3. The lowest BCUT2D eigenvalue weighted by Crippen LogP contribution is -2.41. The molecule has 2 unspecified atom stereocenters. The van der Waals surface area contributed by atoms with Gasteiger partial charge in [0.1, 0.15) is 10.8 Å². The summed E-state index contributed by atoms with van der Waals surface area (Å²) in [6.07, 6.45) is 3.20. The van der Waals surface area contributed by atoms with E-state index < -0.39 is 0 Å². The second-order valence-electron chi connectivity index (χ2n) is 5.34. The second-order valence-corrected chi connectivity index (χ2v) is 6.09. The Hall–Kier alpha value is -0.810. The zero-order chi connectivity index (χ0) is 12.0. The Morgan fingerprint density at radius 2 is 2.18 bits per heavy atom. The maximum atomic E-state index is 9.77. The van der Waals surface area contributed by atoms with Crippen molar-refractivity contribution in [2.75, 3.05) is 23.7 Å². The number of rotatable bonds is 2. The zero-order valence-corrected chi connectivity index (χ0v) is 10.9. The smallest absolute Gasteiger partial charge is 0.142 e. The molecular formula is C12H19N3OS. The lowest BCUT2D eigenvalue weighted by atomic mass is 9.96. The van der Waals surface area contributed by atoms with Gasteiger partial charge in [-0.05, 0) is 42.6 Å². The highest BCUT2D eigenvalue weighted by Gasteiger charge is 2.34. The van der Waals surface area contributed by atoms with Gasteiger partial charge in [0.15, 0.2) is 0 Å². The highest BCUT2D eigenvalue weighted by atomic mass is 32.1. The molecule has 0 amide bonds. The Kier molecular flexibility index (Phi) is 2.75. The lowest BCUT2D eigenvalue weighted by Gasteiger charge is -2.35. The molecule has 94 valence electrons. The summed E-state index contributed by atoms with van der Waals surface area (Å²) in [5.41, 5.74) is 7.25. The highest BCUT2D eigenvalue weighted by Crippen LogP contribution is 2.49. The van der Waals surface area contributed by atoms with Crippen molar-refractivity contribution >= 4 is 22.4 Å². The Morgan fingerprint density at radius 3 is 2.82 bits per heavy atom. The van der Waals surface area contributed by atoms with E-state index in [0.717, 1.165) is 25.3 Å². The van der Waals surface area contributed by atoms with Gasteiger partial charge in [0.25, 0.3) is 0 Å². The van der Waals surface area contributed by atoms with Gasteiger partial charge < -0.3 is 15.7 Å². The predicted molar refractivity (Wildman–Crippen MR) is 70.5 cm³/mol. The van der Waals surface area contributed by atoms with E-state index in [0.29, 0.717) is 11.8 Å². The molecule has 3 N–H and O–H groups in total. The number of hydrogen-bond donors (Lipinski definition) is 2. The van der Waals surface area contributed by atoms with Crippen molar-refractivity contribution in [1.29, 1.82) is 0 Å². The van der Waals surface area contributed by atoms with E-state index in [1.807, 2.05) is 0 Å². The molecular weight excluding hydrogens is 234 g/mol. The fourth-order valence-electron chi connectivity index (χ4n) is 2.60. The number of aliphatic hydroxyl groups excluding tert-OH is 1. The van der Waals surface area contributed by atoms with Crippen LogP contribution in [0.3, 0.4) is 0 Å². The fourth-order valence-corrected chi connectivity index (χ4v) is 3.54. The van der Waals surface area contributed by atoms with Crippen molar-refractivity contribution in [3.05, 3.63) is 5.56 Å². The third-order valence-corrected chi connectivity index (χ3v) is 4.81.